The Labute approximate surface area is 347 Å². The lowest BCUT2D eigenvalue weighted by atomic mass is 9.90. The van der Waals surface area contributed by atoms with Crippen molar-refractivity contribution < 1.29 is 26.3 Å². The van der Waals surface area contributed by atoms with Gasteiger partial charge in [0.05, 0.1) is 103 Å². The number of hydrogen-bond acceptors (Lipinski definition) is 5. The third kappa shape index (κ3) is 6.11. The fourth-order valence-electron chi connectivity index (χ4n) is 8.25. The number of fused-ring (bicyclic) bond motifs is 6. The second-order valence-electron chi connectivity index (χ2n) is 14.3. The maximum absolute atomic E-state index is 14.8. The standard InChI is InChI=1S/C49H21F6N7/c50-48(51,52)33-9-10-34(40(21-33)49(53,54)55)31-8-15-45(61-41-11-4-27(22-56)16-35(41)36-17-28(23-57)5-12-42(36)61)39(20-31)47-32(26-60)2-1-3-46(47)62-43-13-6-29(24-58)18-37(43)38-19-30(25-59)7-14-44(38)62/h1-21H. The fraction of sp³-hybridized carbons (Fsp3) is 0.0408. The summed E-state index contributed by atoms with van der Waals surface area (Å²) in [5.74, 6) is 0. The first kappa shape index (κ1) is 38.7. The van der Waals surface area contributed by atoms with E-state index in [-0.39, 0.29) is 28.3 Å². The van der Waals surface area contributed by atoms with Crippen LogP contribution in [-0.4, -0.2) is 9.13 Å². The van der Waals surface area contributed by atoms with Crippen molar-refractivity contribution in [2.45, 2.75) is 12.4 Å². The van der Waals surface area contributed by atoms with E-state index >= 15 is 0 Å². The number of aromatic nitrogens is 2. The number of benzene rings is 7. The molecule has 0 N–H and O–H groups in total. The molecule has 0 fully saturated rings. The second kappa shape index (κ2) is 14.2. The van der Waals surface area contributed by atoms with Gasteiger partial charge in [0, 0.05) is 32.7 Å². The van der Waals surface area contributed by atoms with Crippen LogP contribution in [0, 0.1) is 56.7 Å². The minimum absolute atomic E-state index is 0.0766. The van der Waals surface area contributed by atoms with E-state index in [0.717, 1.165) is 6.07 Å². The topological polar surface area (TPSA) is 129 Å². The summed E-state index contributed by atoms with van der Waals surface area (Å²) in [6, 6.07) is 41.2. The normalized spacial score (nSPS) is 11.6. The van der Waals surface area contributed by atoms with Crippen LogP contribution >= 0.6 is 0 Å². The lowest BCUT2D eigenvalue weighted by Gasteiger charge is -2.22. The van der Waals surface area contributed by atoms with Gasteiger partial charge < -0.3 is 9.13 Å². The first-order valence-electron chi connectivity index (χ1n) is 18.5. The average molecular weight is 822 g/mol. The van der Waals surface area contributed by atoms with Crippen molar-refractivity contribution in [1.29, 1.82) is 26.3 Å². The highest BCUT2D eigenvalue weighted by atomic mass is 19.4. The summed E-state index contributed by atoms with van der Waals surface area (Å²) in [6.07, 6.45) is -10.3. The number of rotatable bonds is 4. The van der Waals surface area contributed by atoms with Gasteiger partial charge in [-0.2, -0.15) is 52.7 Å². The fourth-order valence-corrected chi connectivity index (χ4v) is 8.25. The minimum Gasteiger partial charge on any atom is -0.309 e. The smallest absolute Gasteiger partial charge is 0.309 e. The summed E-state index contributed by atoms with van der Waals surface area (Å²) in [4.78, 5) is 0. The molecule has 294 valence electrons. The molecule has 9 aromatic rings. The van der Waals surface area contributed by atoms with Crippen molar-refractivity contribution >= 4 is 43.6 Å². The van der Waals surface area contributed by atoms with Gasteiger partial charge in [0.15, 0.2) is 0 Å². The molecule has 9 rings (SSSR count). The molecule has 0 spiro atoms. The molecular weight excluding hydrogens is 801 g/mol. The third-order valence-electron chi connectivity index (χ3n) is 10.9. The molecule has 0 unspecified atom stereocenters. The number of hydrogen-bond donors (Lipinski definition) is 0. The highest BCUT2D eigenvalue weighted by Gasteiger charge is 2.38. The second-order valence-corrected chi connectivity index (χ2v) is 14.3. The summed E-state index contributed by atoms with van der Waals surface area (Å²) in [7, 11) is 0. The van der Waals surface area contributed by atoms with E-state index in [1.165, 1.54) is 24.3 Å². The highest BCUT2D eigenvalue weighted by Crippen LogP contribution is 2.46. The SMILES string of the molecule is N#Cc1ccc2c(c1)c1cc(C#N)ccc1n2-c1ccc(-c2ccc(C(F)(F)F)cc2C(F)(F)F)cc1-c1c(C#N)cccc1-n1c2ccc(C#N)cc2c2cc(C#N)ccc21. The molecule has 62 heavy (non-hydrogen) atoms. The Morgan fingerprint density at radius 1 is 0.403 bits per heavy atom. The molecule has 0 aliphatic heterocycles. The van der Waals surface area contributed by atoms with Crippen molar-refractivity contribution in [3.63, 3.8) is 0 Å². The zero-order chi connectivity index (χ0) is 43.7. The van der Waals surface area contributed by atoms with Gasteiger partial charge in [0.1, 0.15) is 0 Å². The van der Waals surface area contributed by atoms with E-state index in [2.05, 4.69) is 30.3 Å². The van der Waals surface area contributed by atoms with E-state index in [9.17, 15) is 52.7 Å². The van der Waals surface area contributed by atoms with Crippen LogP contribution in [0.25, 0.3) is 77.2 Å². The minimum atomic E-state index is -5.21. The van der Waals surface area contributed by atoms with Crippen LogP contribution in [0.15, 0.2) is 127 Å². The van der Waals surface area contributed by atoms with Gasteiger partial charge in [-0.05, 0) is 120 Å². The van der Waals surface area contributed by atoms with Crippen molar-refractivity contribution in [3.05, 3.63) is 166 Å². The van der Waals surface area contributed by atoms with Crippen LogP contribution in [0.2, 0.25) is 0 Å². The van der Waals surface area contributed by atoms with Crippen molar-refractivity contribution in [2.24, 2.45) is 0 Å². The highest BCUT2D eigenvalue weighted by molar-refractivity contribution is 6.12. The average Bonchev–Trinajstić information content (AvgIpc) is 3.78. The molecule has 0 aliphatic carbocycles. The Hall–Kier alpha value is -8.83. The first-order valence-corrected chi connectivity index (χ1v) is 18.5. The Bertz CT molecular complexity index is 3490. The van der Waals surface area contributed by atoms with Crippen LogP contribution in [-0.2, 0) is 12.4 Å². The molecule has 2 heterocycles. The number of nitrogens with zero attached hydrogens (tertiary/aromatic N) is 7. The molecule has 0 saturated heterocycles. The van der Waals surface area contributed by atoms with E-state index in [4.69, 9.17) is 0 Å². The summed E-state index contributed by atoms with van der Waals surface area (Å²) >= 11 is 0. The van der Waals surface area contributed by atoms with Gasteiger partial charge >= 0.3 is 12.4 Å². The molecule has 7 aromatic carbocycles. The molecule has 0 aliphatic rings. The molecule has 13 heteroatoms. The molecule has 7 nitrogen and oxygen atoms in total. The van der Waals surface area contributed by atoms with E-state index < -0.39 is 29.0 Å². The van der Waals surface area contributed by atoms with Crippen LogP contribution in [0.4, 0.5) is 26.3 Å². The van der Waals surface area contributed by atoms with Crippen LogP contribution in [0.1, 0.15) is 38.9 Å². The summed E-state index contributed by atoms with van der Waals surface area (Å²) in [5.41, 5.74) is 1.09. The lowest BCUT2D eigenvalue weighted by molar-refractivity contribution is -0.142. The molecular formula is C49H21F6N7. The molecule has 0 radical (unpaired) electrons. The monoisotopic (exact) mass is 821 g/mol. The summed E-state index contributed by atoms with van der Waals surface area (Å²) in [6.45, 7) is 0. The predicted octanol–water partition coefficient (Wildman–Crippen LogP) is 12.6. The molecule has 2 aromatic heterocycles. The van der Waals surface area contributed by atoms with E-state index in [1.54, 1.807) is 89.5 Å². The van der Waals surface area contributed by atoms with Crippen LogP contribution in [0.5, 0.6) is 0 Å². The van der Waals surface area contributed by atoms with E-state index in [1.807, 2.05) is 4.57 Å². The third-order valence-corrected chi connectivity index (χ3v) is 10.9. The molecule has 0 saturated carbocycles. The van der Waals surface area contributed by atoms with Gasteiger partial charge in [-0.3, -0.25) is 0 Å². The summed E-state index contributed by atoms with van der Waals surface area (Å²) < 4.78 is 89.4. The lowest BCUT2D eigenvalue weighted by Crippen LogP contribution is -2.12. The maximum atomic E-state index is 14.8. The predicted molar refractivity (Wildman–Crippen MR) is 220 cm³/mol. The van der Waals surface area contributed by atoms with Crippen molar-refractivity contribution in [1.82, 2.24) is 9.13 Å². The maximum Gasteiger partial charge on any atom is 0.417 e. The number of alkyl halides is 6. The number of nitriles is 5. The Kier molecular flexibility index (Phi) is 8.84. The van der Waals surface area contributed by atoms with Crippen molar-refractivity contribution in [3.8, 4) is 64.0 Å². The van der Waals surface area contributed by atoms with Crippen LogP contribution in [0.3, 0.4) is 0 Å². The first-order chi connectivity index (χ1) is 29.8. The van der Waals surface area contributed by atoms with Gasteiger partial charge in [-0.15, -0.1) is 0 Å². The largest absolute Gasteiger partial charge is 0.417 e. The number of halogens is 6. The zero-order valence-corrected chi connectivity index (χ0v) is 31.5. The Balaban J connectivity index is 1.45. The van der Waals surface area contributed by atoms with E-state index in [0.29, 0.717) is 83.3 Å². The van der Waals surface area contributed by atoms with Gasteiger partial charge in [0.2, 0.25) is 0 Å². The Morgan fingerprint density at radius 2 is 0.871 bits per heavy atom. The van der Waals surface area contributed by atoms with Crippen molar-refractivity contribution in [2.75, 3.05) is 0 Å². The Morgan fingerprint density at radius 3 is 1.29 bits per heavy atom. The molecule has 0 bridgehead atoms. The van der Waals surface area contributed by atoms with Gasteiger partial charge in [-0.25, -0.2) is 0 Å². The quantitative estimate of drug-likeness (QED) is 0.163. The van der Waals surface area contributed by atoms with Gasteiger partial charge in [-0.1, -0.05) is 18.2 Å². The molecule has 0 amide bonds. The molecule has 0 atom stereocenters. The van der Waals surface area contributed by atoms with Gasteiger partial charge in [0.25, 0.3) is 0 Å². The zero-order valence-electron chi connectivity index (χ0n) is 31.5. The summed E-state index contributed by atoms with van der Waals surface area (Å²) in [5, 5.41) is 52.5. The van der Waals surface area contributed by atoms with Crippen LogP contribution < -0.4 is 0 Å².